The molecular weight excluding hydrogens is 499 g/mol. The normalized spacial score (nSPS) is 42.2. The number of hydrogen-bond donors (Lipinski definition) is 3. The van der Waals surface area contributed by atoms with Crippen LogP contribution in [-0.2, 0) is 4.79 Å². The molecule has 4 rings (SSSR count). The SMILES string of the molecule is CCCC1(C)/C(=C\C=O)CCC2(N)C1CCC1(C)C(C(C)=NCCCC3CC(C)(F)CN3)CCC12.CCNCC. The number of aliphatic imine (C=N–C) groups is 1. The molecule has 230 valence electrons. The predicted molar refractivity (Wildman–Crippen MR) is 168 cm³/mol. The van der Waals surface area contributed by atoms with Crippen molar-refractivity contribution in [3.8, 4) is 0 Å². The highest BCUT2D eigenvalue weighted by atomic mass is 19.1. The van der Waals surface area contributed by atoms with Gasteiger partial charge in [0.15, 0.2) is 0 Å². The van der Waals surface area contributed by atoms with E-state index in [0.717, 1.165) is 70.9 Å². The van der Waals surface area contributed by atoms with Gasteiger partial charge in [-0.05, 0) is 120 Å². The van der Waals surface area contributed by atoms with Gasteiger partial charge < -0.3 is 16.4 Å². The minimum atomic E-state index is -1.05. The Balaban J connectivity index is 0.000000810. The molecule has 3 saturated carbocycles. The fourth-order valence-corrected chi connectivity index (χ4v) is 9.62. The number of carbonyl (C=O) groups is 1. The van der Waals surface area contributed by atoms with Crippen molar-refractivity contribution in [2.45, 2.75) is 136 Å². The van der Waals surface area contributed by atoms with Gasteiger partial charge in [-0.2, -0.15) is 0 Å². The summed E-state index contributed by atoms with van der Waals surface area (Å²) in [6.07, 6.45) is 14.4. The maximum absolute atomic E-state index is 14.1. The highest BCUT2D eigenvalue weighted by Crippen LogP contribution is 2.67. The molecule has 0 radical (unpaired) electrons. The van der Waals surface area contributed by atoms with E-state index in [0.29, 0.717) is 36.8 Å². The summed E-state index contributed by atoms with van der Waals surface area (Å²) in [5.74, 6) is 1.48. The molecule has 0 aromatic heterocycles. The molecule has 3 aliphatic carbocycles. The van der Waals surface area contributed by atoms with Gasteiger partial charge in [0.25, 0.3) is 0 Å². The second kappa shape index (κ2) is 13.9. The lowest BCUT2D eigenvalue weighted by molar-refractivity contribution is -0.104. The first-order chi connectivity index (χ1) is 18.9. The first-order valence-corrected chi connectivity index (χ1v) is 16.5. The Morgan fingerprint density at radius 3 is 2.42 bits per heavy atom. The minimum absolute atomic E-state index is 0.0369. The van der Waals surface area contributed by atoms with Crippen molar-refractivity contribution in [1.29, 1.82) is 0 Å². The van der Waals surface area contributed by atoms with Crippen molar-refractivity contribution < 1.29 is 9.18 Å². The molecule has 4 aliphatic rings. The molecule has 0 aromatic rings. The Morgan fingerprint density at radius 2 is 1.85 bits per heavy atom. The first-order valence-electron chi connectivity index (χ1n) is 16.5. The molecule has 5 nitrogen and oxygen atoms in total. The second-order valence-corrected chi connectivity index (χ2v) is 14.2. The van der Waals surface area contributed by atoms with E-state index in [2.05, 4.69) is 52.2 Å². The summed E-state index contributed by atoms with van der Waals surface area (Å²) in [4.78, 5) is 16.5. The zero-order valence-electron chi connectivity index (χ0n) is 26.9. The van der Waals surface area contributed by atoms with E-state index in [1.165, 1.54) is 30.5 Å². The van der Waals surface area contributed by atoms with E-state index in [1.807, 2.05) is 6.08 Å². The van der Waals surface area contributed by atoms with E-state index < -0.39 is 5.67 Å². The molecule has 40 heavy (non-hydrogen) atoms. The molecule has 1 heterocycles. The number of nitrogens with one attached hydrogen (secondary N) is 2. The van der Waals surface area contributed by atoms with Gasteiger partial charge >= 0.3 is 0 Å². The quantitative estimate of drug-likeness (QED) is 0.119. The zero-order chi connectivity index (χ0) is 29.6. The first kappa shape index (κ1) is 33.4. The summed E-state index contributed by atoms with van der Waals surface area (Å²) in [5.41, 5.74) is 9.16. The van der Waals surface area contributed by atoms with Crippen molar-refractivity contribution >= 4 is 12.0 Å². The summed E-state index contributed by atoms with van der Waals surface area (Å²) in [6, 6.07) is 0.295. The Hall–Kier alpha value is -1.11. The van der Waals surface area contributed by atoms with Crippen molar-refractivity contribution in [2.24, 2.45) is 39.3 Å². The highest BCUT2D eigenvalue weighted by molar-refractivity contribution is 5.85. The van der Waals surface area contributed by atoms with Gasteiger partial charge in [0.1, 0.15) is 12.0 Å². The van der Waals surface area contributed by atoms with Crippen LogP contribution in [0.25, 0.3) is 0 Å². The summed E-state index contributed by atoms with van der Waals surface area (Å²) >= 11 is 0. The molecular formula is C34H61FN4O. The van der Waals surface area contributed by atoms with Gasteiger partial charge in [0.05, 0.1) is 0 Å². The summed E-state index contributed by atoms with van der Waals surface area (Å²) < 4.78 is 14.1. The maximum atomic E-state index is 14.1. The number of alkyl halides is 1. The monoisotopic (exact) mass is 560 g/mol. The molecule has 8 atom stereocenters. The molecule has 1 saturated heterocycles. The third kappa shape index (κ3) is 6.92. The fraction of sp³-hybridized carbons (Fsp3) is 0.882. The van der Waals surface area contributed by atoms with Crippen LogP contribution in [0.4, 0.5) is 4.39 Å². The number of allylic oxidation sites excluding steroid dienone is 2. The fourth-order valence-electron chi connectivity index (χ4n) is 9.62. The molecule has 0 amide bonds. The average Bonchev–Trinajstić information content (AvgIpc) is 3.44. The molecule has 4 N–H and O–H groups in total. The van der Waals surface area contributed by atoms with Crippen LogP contribution in [0.3, 0.4) is 0 Å². The molecule has 0 aromatic carbocycles. The van der Waals surface area contributed by atoms with E-state index in [-0.39, 0.29) is 16.4 Å². The lowest BCUT2D eigenvalue weighted by Crippen LogP contribution is -2.66. The van der Waals surface area contributed by atoms with Crippen molar-refractivity contribution in [2.75, 3.05) is 26.2 Å². The summed E-state index contributed by atoms with van der Waals surface area (Å²) in [5, 5.41) is 6.44. The number of hydrogen-bond acceptors (Lipinski definition) is 5. The number of nitrogens with two attached hydrogens (primary N) is 1. The average molecular weight is 561 g/mol. The van der Waals surface area contributed by atoms with E-state index in [1.54, 1.807) is 6.92 Å². The van der Waals surface area contributed by atoms with E-state index in [4.69, 9.17) is 10.7 Å². The molecule has 4 fully saturated rings. The predicted octanol–water partition coefficient (Wildman–Crippen LogP) is 6.80. The number of nitrogens with zero attached hydrogens (tertiary/aromatic N) is 1. The van der Waals surface area contributed by atoms with Crippen LogP contribution >= 0.6 is 0 Å². The van der Waals surface area contributed by atoms with Crippen molar-refractivity contribution in [3.63, 3.8) is 0 Å². The lowest BCUT2D eigenvalue weighted by atomic mass is 9.44. The number of aldehydes is 1. The Kier molecular flexibility index (Phi) is 11.6. The van der Waals surface area contributed by atoms with E-state index in [9.17, 15) is 9.18 Å². The van der Waals surface area contributed by atoms with Gasteiger partial charge in [0.2, 0.25) is 0 Å². The minimum Gasteiger partial charge on any atom is -0.325 e. The largest absolute Gasteiger partial charge is 0.325 e. The Labute approximate surface area is 245 Å². The number of rotatable bonds is 10. The molecule has 0 spiro atoms. The highest BCUT2D eigenvalue weighted by Gasteiger charge is 2.64. The third-order valence-corrected chi connectivity index (χ3v) is 11.5. The number of fused-ring (bicyclic) bond motifs is 3. The van der Waals surface area contributed by atoms with Crippen molar-refractivity contribution in [3.05, 3.63) is 11.6 Å². The maximum Gasteiger partial charge on any atom is 0.142 e. The topological polar surface area (TPSA) is 79.5 Å². The van der Waals surface area contributed by atoms with Crippen LogP contribution in [0.1, 0.15) is 119 Å². The molecule has 1 aliphatic heterocycles. The van der Waals surface area contributed by atoms with Gasteiger partial charge in [-0.3, -0.25) is 9.79 Å². The van der Waals surface area contributed by atoms with Gasteiger partial charge in [-0.25, -0.2) is 4.39 Å². The van der Waals surface area contributed by atoms with E-state index >= 15 is 0 Å². The van der Waals surface area contributed by atoms with Crippen molar-refractivity contribution in [1.82, 2.24) is 10.6 Å². The summed E-state index contributed by atoms with van der Waals surface area (Å²) in [7, 11) is 0. The van der Waals surface area contributed by atoms with Crippen LogP contribution in [0.15, 0.2) is 16.6 Å². The number of carbonyl (C=O) groups excluding carboxylic acids is 1. The van der Waals surface area contributed by atoms with Gasteiger partial charge in [-0.15, -0.1) is 0 Å². The van der Waals surface area contributed by atoms with Crippen LogP contribution in [0.2, 0.25) is 0 Å². The van der Waals surface area contributed by atoms with Crippen LogP contribution < -0.4 is 16.4 Å². The third-order valence-electron chi connectivity index (χ3n) is 11.5. The van der Waals surface area contributed by atoms with Gasteiger partial charge in [-0.1, -0.05) is 46.6 Å². The smallest absolute Gasteiger partial charge is 0.142 e. The van der Waals surface area contributed by atoms with Crippen LogP contribution in [-0.4, -0.2) is 55.4 Å². The molecule has 8 unspecified atom stereocenters. The summed E-state index contributed by atoms with van der Waals surface area (Å²) in [6.45, 7) is 18.8. The van der Waals surface area contributed by atoms with Crippen LogP contribution in [0.5, 0.6) is 0 Å². The molecule has 0 bridgehead atoms. The Bertz CT molecular complexity index is 900. The number of halogens is 1. The lowest BCUT2D eigenvalue weighted by Gasteiger charge is -2.62. The standard InChI is InChI=1S/C30H50FN3O.C4H11N/c1-6-14-28(4)22(13-18-35)11-16-30(32)25-10-9-24(29(25,5)15-12-26(28)30)21(2)33-17-7-8-23-19-27(3,31)20-34-23;1-3-5-4-2/h13,18,23-26,34H,6-12,14-17,19-20,32H2,1-5H3;5H,3-4H2,1-2H3/b22-13-,33-21?;. The van der Waals surface area contributed by atoms with Gasteiger partial charge in [0, 0.05) is 36.3 Å². The van der Waals surface area contributed by atoms with Crippen LogP contribution in [0, 0.1) is 28.6 Å². The molecule has 6 heteroatoms. The second-order valence-electron chi connectivity index (χ2n) is 14.2. The Morgan fingerprint density at radius 1 is 1.12 bits per heavy atom. The zero-order valence-corrected chi connectivity index (χ0v) is 26.9.